The maximum absolute atomic E-state index is 2.33. The Morgan fingerprint density at radius 2 is 1.47 bits per heavy atom. The number of rotatable bonds is 2. The van der Waals surface area contributed by atoms with Crippen LogP contribution in [0.15, 0.2) is 54.6 Å². The molecule has 0 amide bonds. The van der Waals surface area contributed by atoms with Gasteiger partial charge < -0.3 is 0 Å². The normalized spacial score (nSPS) is 12.3. The molecule has 0 fully saturated rings. The Morgan fingerprint density at radius 1 is 0.867 bits per heavy atom. The molecule has 0 aliphatic carbocycles. The first-order valence-electron chi connectivity index (χ1n) is 5.13. The van der Waals surface area contributed by atoms with Gasteiger partial charge in [-0.1, -0.05) is 62.4 Å². The van der Waals surface area contributed by atoms with E-state index in [1.807, 2.05) is 0 Å². The molecular weight excluding hydrogens is 198 g/mol. The highest BCUT2D eigenvalue weighted by atomic mass is 31.1. The van der Waals surface area contributed by atoms with Crippen molar-refractivity contribution in [1.82, 2.24) is 0 Å². The molecule has 74 valence electrons. The summed E-state index contributed by atoms with van der Waals surface area (Å²) in [5, 5.41) is 2.93. The molecule has 0 saturated heterocycles. The molecule has 0 nitrogen and oxygen atoms in total. The summed E-state index contributed by atoms with van der Waals surface area (Å²) in [7, 11) is 2.13. The molecule has 1 atom stereocenters. The summed E-state index contributed by atoms with van der Waals surface area (Å²) in [5.74, 6) is 0. The fourth-order valence-corrected chi connectivity index (χ4v) is 3.54. The second kappa shape index (κ2) is 4.64. The van der Waals surface area contributed by atoms with Gasteiger partial charge in [0.2, 0.25) is 0 Å². The summed E-state index contributed by atoms with van der Waals surface area (Å²) < 4.78 is 0. The van der Waals surface area contributed by atoms with Gasteiger partial charge in [-0.25, -0.2) is 0 Å². The highest BCUT2D eigenvalue weighted by molar-refractivity contribution is 7.94. The van der Waals surface area contributed by atoms with Crippen LogP contribution in [0.2, 0.25) is 0 Å². The Kier molecular flexibility index (Phi) is 3.23. The molecule has 0 aliphatic rings. The van der Waals surface area contributed by atoms with Crippen LogP contribution in [0.4, 0.5) is 0 Å². The van der Waals surface area contributed by atoms with Crippen molar-refractivity contribution < 1.29 is 0 Å². The zero-order valence-corrected chi connectivity index (χ0v) is 10.0. The van der Waals surface area contributed by atoms with Gasteiger partial charge >= 0.3 is 0 Å². The number of hydrogen-bond donors (Lipinski definition) is 0. The average molecular weight is 212 g/mol. The molecule has 2 aromatic rings. The van der Waals surface area contributed by atoms with E-state index < -0.39 is 0 Å². The second-order valence-electron chi connectivity index (χ2n) is 3.68. The molecule has 0 spiro atoms. The third kappa shape index (κ3) is 2.30. The van der Waals surface area contributed by atoms with E-state index >= 15 is 0 Å². The Morgan fingerprint density at radius 3 is 2.13 bits per heavy atom. The van der Waals surface area contributed by atoms with E-state index in [1.165, 1.54) is 16.2 Å². The van der Waals surface area contributed by atoms with E-state index in [0.717, 1.165) is 0 Å². The molecule has 2 rings (SSSR count). The minimum Gasteiger partial charge on any atom is -0.0880 e. The Hall–Kier alpha value is -1.07. The molecule has 15 heavy (non-hydrogen) atoms. The van der Waals surface area contributed by atoms with Crippen LogP contribution in [0, 0.1) is 6.92 Å². The summed E-state index contributed by atoms with van der Waals surface area (Å²) in [5.41, 5.74) is 1.40. The smallest absolute Gasteiger partial charge is 0.0880 e. The second-order valence-corrected chi connectivity index (χ2v) is 5.80. The lowest BCUT2D eigenvalue weighted by molar-refractivity contribution is 1.52. The minimum atomic E-state index is -0.192. The van der Waals surface area contributed by atoms with Crippen LogP contribution >= 0.6 is 7.80 Å². The van der Waals surface area contributed by atoms with Crippen LogP contribution in [0.3, 0.4) is 0 Å². The fourth-order valence-electron chi connectivity index (χ4n) is 1.73. The van der Waals surface area contributed by atoms with Crippen LogP contribution in [0.1, 0.15) is 5.56 Å². The average Bonchev–Trinajstić information content (AvgIpc) is 2.30. The SMILES string of the molecule is BP(c1ccccc1)c1ccccc1C. The maximum Gasteiger partial charge on any atom is 0.145 e. The van der Waals surface area contributed by atoms with E-state index in [-0.39, 0.29) is 7.80 Å². The van der Waals surface area contributed by atoms with Crippen molar-refractivity contribution in [3.8, 4) is 0 Å². The Bertz CT molecular complexity index is 439. The molecule has 1 unspecified atom stereocenters. The van der Waals surface area contributed by atoms with Crippen molar-refractivity contribution in [1.29, 1.82) is 0 Å². The monoisotopic (exact) mass is 212 g/mol. The van der Waals surface area contributed by atoms with E-state index in [1.54, 1.807) is 0 Å². The zero-order valence-electron chi connectivity index (χ0n) is 9.14. The Balaban J connectivity index is 2.37. The maximum atomic E-state index is 2.33. The molecule has 0 radical (unpaired) electrons. The van der Waals surface area contributed by atoms with Gasteiger partial charge in [-0.15, -0.1) is 0 Å². The van der Waals surface area contributed by atoms with Crippen LogP contribution in [-0.4, -0.2) is 7.57 Å². The zero-order chi connectivity index (χ0) is 10.7. The van der Waals surface area contributed by atoms with Crippen LogP contribution in [0.5, 0.6) is 0 Å². The van der Waals surface area contributed by atoms with E-state index in [4.69, 9.17) is 0 Å². The Labute approximate surface area is 93.5 Å². The molecule has 0 heterocycles. The van der Waals surface area contributed by atoms with E-state index in [0.29, 0.717) is 0 Å². The summed E-state index contributed by atoms with van der Waals surface area (Å²) in [6.45, 7) is 2.19. The summed E-state index contributed by atoms with van der Waals surface area (Å²) in [4.78, 5) is 0. The standard InChI is InChI=1S/C13H14BP/c1-11-7-5-6-10-13(11)15(14)12-8-3-2-4-9-12/h2-10H,14H2,1H3. The van der Waals surface area contributed by atoms with Gasteiger partial charge in [0.1, 0.15) is 7.57 Å². The van der Waals surface area contributed by atoms with Crippen LogP contribution in [-0.2, 0) is 0 Å². The van der Waals surface area contributed by atoms with Crippen molar-refractivity contribution in [3.05, 3.63) is 60.2 Å². The van der Waals surface area contributed by atoms with Gasteiger partial charge in [0.25, 0.3) is 0 Å². The first-order valence-corrected chi connectivity index (χ1v) is 6.92. The van der Waals surface area contributed by atoms with Gasteiger partial charge in [0.05, 0.1) is 0 Å². The molecule has 2 heteroatoms. The fraction of sp³-hybridized carbons (Fsp3) is 0.0769. The summed E-state index contributed by atoms with van der Waals surface area (Å²) >= 11 is 0. The minimum absolute atomic E-state index is 0.192. The van der Waals surface area contributed by atoms with Gasteiger partial charge in [-0.05, 0) is 23.1 Å². The van der Waals surface area contributed by atoms with Crippen molar-refractivity contribution in [2.45, 2.75) is 6.92 Å². The summed E-state index contributed by atoms with van der Waals surface area (Å²) in [6, 6.07) is 19.4. The predicted molar refractivity (Wildman–Crippen MR) is 72.4 cm³/mol. The van der Waals surface area contributed by atoms with Crippen molar-refractivity contribution >= 4 is 26.0 Å². The highest BCUT2D eigenvalue weighted by Gasteiger charge is 2.08. The molecule has 0 bridgehead atoms. The third-order valence-electron chi connectivity index (χ3n) is 2.62. The van der Waals surface area contributed by atoms with Crippen LogP contribution in [0.25, 0.3) is 0 Å². The highest BCUT2D eigenvalue weighted by Crippen LogP contribution is 2.28. The van der Waals surface area contributed by atoms with E-state index in [9.17, 15) is 0 Å². The molecule has 0 N–H and O–H groups in total. The lowest BCUT2D eigenvalue weighted by atomic mass is 10.2. The van der Waals surface area contributed by atoms with Crippen molar-refractivity contribution in [2.75, 3.05) is 0 Å². The van der Waals surface area contributed by atoms with Crippen molar-refractivity contribution in [3.63, 3.8) is 0 Å². The van der Waals surface area contributed by atoms with Crippen LogP contribution < -0.4 is 10.6 Å². The number of hydrogen-bond acceptors (Lipinski definition) is 0. The van der Waals surface area contributed by atoms with Gasteiger partial charge in [-0.3, -0.25) is 0 Å². The third-order valence-corrected chi connectivity index (χ3v) is 4.92. The lowest BCUT2D eigenvalue weighted by Gasteiger charge is -2.15. The number of aryl methyl sites for hydroxylation is 1. The number of benzene rings is 2. The van der Waals surface area contributed by atoms with Gasteiger partial charge in [0.15, 0.2) is 0 Å². The first-order chi connectivity index (χ1) is 7.29. The predicted octanol–water partition coefficient (Wildman–Crippen LogP) is 1.98. The first kappa shape index (κ1) is 10.5. The van der Waals surface area contributed by atoms with Crippen molar-refractivity contribution in [2.24, 2.45) is 0 Å². The van der Waals surface area contributed by atoms with Gasteiger partial charge in [-0.2, -0.15) is 0 Å². The molecule has 0 saturated carbocycles. The lowest BCUT2D eigenvalue weighted by Crippen LogP contribution is -2.13. The van der Waals surface area contributed by atoms with Gasteiger partial charge in [0, 0.05) is 0 Å². The molecular formula is C13H14BP. The topological polar surface area (TPSA) is 0 Å². The molecule has 0 aromatic heterocycles. The summed E-state index contributed by atoms with van der Waals surface area (Å²) in [6.07, 6.45) is 0. The molecule has 0 aliphatic heterocycles. The largest absolute Gasteiger partial charge is 0.145 e. The molecule has 2 aromatic carbocycles. The quantitative estimate of drug-likeness (QED) is 0.527. The van der Waals surface area contributed by atoms with E-state index in [2.05, 4.69) is 69.1 Å².